The maximum Gasteiger partial charge on any atom is 0.165 e. The fourth-order valence-electron chi connectivity index (χ4n) is 2.86. The highest BCUT2D eigenvalue weighted by molar-refractivity contribution is 5.73. The summed E-state index contributed by atoms with van der Waals surface area (Å²) in [6.07, 6.45) is 5.76. The van der Waals surface area contributed by atoms with Crippen LogP contribution in [0.1, 0.15) is 24.6 Å². The topological polar surface area (TPSA) is 52.8 Å². The van der Waals surface area contributed by atoms with E-state index in [1.54, 1.807) is 12.4 Å². The van der Waals surface area contributed by atoms with E-state index in [1.807, 2.05) is 30.3 Å². The van der Waals surface area contributed by atoms with E-state index in [0.717, 1.165) is 48.9 Å². The molecule has 5 nitrogen and oxygen atoms in total. The van der Waals surface area contributed by atoms with Crippen molar-refractivity contribution >= 4 is 11.2 Å². The Morgan fingerprint density at radius 2 is 2.05 bits per heavy atom. The second-order valence-electron chi connectivity index (χ2n) is 5.25. The third-order valence-corrected chi connectivity index (χ3v) is 3.85. The molecule has 1 fully saturated rings. The molecule has 1 unspecified atom stereocenters. The molecule has 5 heteroatoms. The molecule has 0 amide bonds. The molecule has 0 spiro atoms. The summed E-state index contributed by atoms with van der Waals surface area (Å²) in [5.74, 6) is 2.16. The summed E-state index contributed by atoms with van der Waals surface area (Å²) in [6.45, 7) is 1.56. The normalized spacial score (nSPS) is 19.0. The first-order valence-electron chi connectivity index (χ1n) is 7.26. The predicted octanol–water partition coefficient (Wildman–Crippen LogP) is 2.71. The van der Waals surface area contributed by atoms with Crippen molar-refractivity contribution in [2.75, 3.05) is 13.2 Å². The number of hydrogen-bond donors (Lipinski definition) is 0. The number of hydrogen-bond acceptors (Lipinski definition) is 4. The van der Waals surface area contributed by atoms with E-state index in [0.29, 0.717) is 5.92 Å². The lowest BCUT2D eigenvalue weighted by Crippen LogP contribution is -2.19. The average Bonchev–Trinajstić information content (AvgIpc) is 2.96. The summed E-state index contributed by atoms with van der Waals surface area (Å²) in [5, 5.41) is 0. The SMILES string of the molecule is c1ccc(-n2c(C3CCCOC3)nc3cccnc32)nc1. The number of pyridine rings is 2. The summed E-state index contributed by atoms with van der Waals surface area (Å²) in [7, 11) is 0. The van der Waals surface area contributed by atoms with Gasteiger partial charge in [-0.2, -0.15) is 0 Å². The van der Waals surface area contributed by atoms with Gasteiger partial charge in [-0.1, -0.05) is 6.07 Å². The van der Waals surface area contributed by atoms with Gasteiger partial charge in [0.15, 0.2) is 5.65 Å². The summed E-state index contributed by atoms with van der Waals surface area (Å²) >= 11 is 0. The Bertz CT molecular complexity index is 747. The Morgan fingerprint density at radius 1 is 1.10 bits per heavy atom. The minimum Gasteiger partial charge on any atom is -0.381 e. The minimum atomic E-state index is 0.301. The highest BCUT2D eigenvalue weighted by Crippen LogP contribution is 2.29. The molecule has 1 aliphatic heterocycles. The van der Waals surface area contributed by atoms with Crippen LogP contribution < -0.4 is 0 Å². The molecule has 4 rings (SSSR count). The highest BCUT2D eigenvalue weighted by Gasteiger charge is 2.24. The number of rotatable bonds is 2. The first-order chi connectivity index (χ1) is 10.4. The summed E-state index contributed by atoms with van der Waals surface area (Å²) < 4.78 is 7.69. The smallest absolute Gasteiger partial charge is 0.165 e. The van der Waals surface area contributed by atoms with Gasteiger partial charge in [-0.25, -0.2) is 15.0 Å². The number of aromatic nitrogens is 4. The predicted molar refractivity (Wildman–Crippen MR) is 79.5 cm³/mol. The van der Waals surface area contributed by atoms with Crippen LogP contribution in [0.3, 0.4) is 0 Å². The maximum absolute atomic E-state index is 5.63. The van der Waals surface area contributed by atoms with Gasteiger partial charge in [-0.15, -0.1) is 0 Å². The highest BCUT2D eigenvalue weighted by atomic mass is 16.5. The first kappa shape index (κ1) is 12.5. The van der Waals surface area contributed by atoms with Crippen LogP contribution in [0, 0.1) is 0 Å². The van der Waals surface area contributed by atoms with Gasteiger partial charge in [0.05, 0.1) is 6.61 Å². The molecule has 1 saturated heterocycles. The van der Waals surface area contributed by atoms with Crippen molar-refractivity contribution < 1.29 is 4.74 Å². The maximum atomic E-state index is 5.63. The third kappa shape index (κ3) is 2.19. The van der Waals surface area contributed by atoms with Gasteiger partial charge >= 0.3 is 0 Å². The standard InChI is InChI=1S/C16H16N4O/c1-2-8-17-14(7-1)20-15(12-5-4-10-21-11-12)19-13-6-3-9-18-16(13)20/h1-3,6-9,12H,4-5,10-11H2. The zero-order valence-electron chi connectivity index (χ0n) is 11.6. The van der Waals surface area contributed by atoms with Crippen molar-refractivity contribution in [1.29, 1.82) is 0 Å². The Morgan fingerprint density at radius 3 is 2.86 bits per heavy atom. The fraction of sp³-hybridized carbons (Fsp3) is 0.312. The molecule has 0 radical (unpaired) electrons. The van der Waals surface area contributed by atoms with Crippen molar-refractivity contribution in [3.63, 3.8) is 0 Å². The van der Waals surface area contributed by atoms with Gasteiger partial charge in [-0.05, 0) is 37.1 Å². The molecule has 3 aromatic heterocycles. The van der Waals surface area contributed by atoms with Crippen molar-refractivity contribution in [2.24, 2.45) is 0 Å². The van der Waals surface area contributed by atoms with Gasteiger partial charge in [0.25, 0.3) is 0 Å². The monoisotopic (exact) mass is 280 g/mol. The first-order valence-corrected chi connectivity index (χ1v) is 7.26. The van der Waals surface area contributed by atoms with Gasteiger partial charge < -0.3 is 4.74 Å². The molecule has 21 heavy (non-hydrogen) atoms. The fourth-order valence-corrected chi connectivity index (χ4v) is 2.86. The van der Waals surface area contributed by atoms with Gasteiger partial charge in [-0.3, -0.25) is 4.57 Å². The molecule has 0 aromatic carbocycles. The molecule has 3 aromatic rings. The van der Waals surface area contributed by atoms with Crippen molar-refractivity contribution in [1.82, 2.24) is 19.5 Å². The van der Waals surface area contributed by atoms with E-state index in [1.165, 1.54) is 0 Å². The van der Waals surface area contributed by atoms with Gasteiger partial charge in [0.1, 0.15) is 17.2 Å². The molecule has 1 atom stereocenters. The van der Waals surface area contributed by atoms with E-state index >= 15 is 0 Å². The Hall–Kier alpha value is -2.27. The second-order valence-corrected chi connectivity index (χ2v) is 5.25. The number of nitrogens with zero attached hydrogens (tertiary/aromatic N) is 4. The second kappa shape index (κ2) is 5.26. The molecule has 0 saturated carbocycles. The lowest BCUT2D eigenvalue weighted by molar-refractivity contribution is 0.0777. The van der Waals surface area contributed by atoms with Crippen molar-refractivity contribution in [2.45, 2.75) is 18.8 Å². The van der Waals surface area contributed by atoms with Crippen molar-refractivity contribution in [3.8, 4) is 5.82 Å². The summed E-state index contributed by atoms with van der Waals surface area (Å²) in [5.41, 5.74) is 1.76. The molecule has 1 aliphatic rings. The van der Waals surface area contributed by atoms with E-state index in [9.17, 15) is 0 Å². The van der Waals surface area contributed by atoms with Crippen LogP contribution in [0.4, 0.5) is 0 Å². The zero-order chi connectivity index (χ0) is 14.1. The van der Waals surface area contributed by atoms with Crippen LogP contribution in [-0.4, -0.2) is 32.7 Å². The van der Waals surface area contributed by atoms with Crippen LogP contribution in [0.25, 0.3) is 17.0 Å². The molecule has 4 heterocycles. The Kier molecular flexibility index (Phi) is 3.12. The number of ether oxygens (including phenoxy) is 1. The summed E-state index contributed by atoms with van der Waals surface area (Å²) in [6, 6.07) is 9.80. The zero-order valence-corrected chi connectivity index (χ0v) is 11.6. The molecule has 106 valence electrons. The largest absolute Gasteiger partial charge is 0.381 e. The molecule has 0 N–H and O–H groups in total. The molecular weight excluding hydrogens is 264 g/mol. The van der Waals surface area contributed by atoms with Crippen LogP contribution in [0.15, 0.2) is 42.7 Å². The molecule has 0 aliphatic carbocycles. The van der Waals surface area contributed by atoms with Crippen LogP contribution >= 0.6 is 0 Å². The number of imidazole rings is 1. The van der Waals surface area contributed by atoms with E-state index in [4.69, 9.17) is 9.72 Å². The third-order valence-electron chi connectivity index (χ3n) is 3.85. The van der Waals surface area contributed by atoms with Crippen LogP contribution in [-0.2, 0) is 4.74 Å². The van der Waals surface area contributed by atoms with E-state index in [2.05, 4.69) is 14.5 Å². The van der Waals surface area contributed by atoms with Gasteiger partial charge in [0.2, 0.25) is 0 Å². The number of fused-ring (bicyclic) bond motifs is 1. The minimum absolute atomic E-state index is 0.301. The average molecular weight is 280 g/mol. The van der Waals surface area contributed by atoms with Crippen LogP contribution in [0.2, 0.25) is 0 Å². The summed E-state index contributed by atoms with van der Waals surface area (Å²) in [4.78, 5) is 13.8. The Labute approximate surface area is 122 Å². The molecule has 0 bridgehead atoms. The van der Waals surface area contributed by atoms with Gasteiger partial charge in [0, 0.05) is 24.9 Å². The molecular formula is C16H16N4O. The van der Waals surface area contributed by atoms with E-state index in [-0.39, 0.29) is 0 Å². The lowest BCUT2D eigenvalue weighted by Gasteiger charge is -2.22. The van der Waals surface area contributed by atoms with Crippen LogP contribution in [0.5, 0.6) is 0 Å². The Balaban J connectivity index is 1.92. The quantitative estimate of drug-likeness (QED) is 0.724. The van der Waals surface area contributed by atoms with Crippen molar-refractivity contribution in [3.05, 3.63) is 48.5 Å². The lowest BCUT2D eigenvalue weighted by atomic mass is 10.0. The van der Waals surface area contributed by atoms with E-state index < -0.39 is 0 Å².